The fourth-order valence-electron chi connectivity index (χ4n) is 1.27. The predicted molar refractivity (Wildman–Crippen MR) is 60.7 cm³/mol. The lowest BCUT2D eigenvalue weighted by atomic mass is 10.1. The molecule has 0 unspecified atom stereocenters. The lowest BCUT2D eigenvalue weighted by Gasteiger charge is -2.16. The van der Waals surface area contributed by atoms with Crippen LogP contribution >= 0.6 is 0 Å². The number of carbonyl (C=O) groups excluding carboxylic acids is 1. The molecule has 1 amide bonds. The normalized spacial score (nSPS) is 11.5. The zero-order chi connectivity index (χ0) is 14.6. The molecule has 0 aliphatic rings. The smallest absolute Gasteiger partial charge is 0.324 e. The monoisotopic (exact) mass is 280 g/mol. The van der Waals surface area contributed by atoms with Crippen molar-refractivity contribution in [1.82, 2.24) is 5.32 Å². The van der Waals surface area contributed by atoms with Crippen LogP contribution in [-0.4, -0.2) is 31.9 Å². The van der Waals surface area contributed by atoms with E-state index < -0.39 is 24.8 Å². The van der Waals surface area contributed by atoms with Crippen molar-refractivity contribution in [3.05, 3.63) is 23.8 Å². The number of amides is 1. The van der Waals surface area contributed by atoms with Gasteiger partial charge in [0, 0.05) is 11.8 Å². The lowest BCUT2D eigenvalue weighted by molar-refractivity contribution is -0.123. The molecule has 1 aromatic rings. The second kappa shape index (κ2) is 5.77. The number of carbonyl (C=O) groups is 1. The van der Waals surface area contributed by atoms with Gasteiger partial charge in [-0.15, -0.1) is 0 Å². The Morgan fingerprint density at radius 2 is 2.11 bits per heavy atom. The average molecular weight is 280 g/mol. The van der Waals surface area contributed by atoms with Crippen LogP contribution in [0.1, 0.15) is 10.4 Å². The first-order valence-electron chi connectivity index (χ1n) is 5.15. The van der Waals surface area contributed by atoms with Crippen LogP contribution in [0, 0.1) is 0 Å². The number of rotatable bonds is 5. The minimum Gasteiger partial charge on any atom is -0.496 e. The molecule has 1 aromatic carbocycles. The Labute approximate surface area is 106 Å². The number of benzene rings is 1. The number of ether oxygens (including phenoxy) is 1. The molecule has 0 radical (unpaired) electrons. The van der Waals surface area contributed by atoms with Gasteiger partial charge in [0.1, 0.15) is 5.75 Å². The summed E-state index contributed by atoms with van der Waals surface area (Å²) in [6, 6.07) is 3.94. The molecule has 0 saturated heterocycles. The van der Waals surface area contributed by atoms with E-state index in [1.165, 1.54) is 25.3 Å². The molecule has 19 heavy (non-hydrogen) atoms. The quantitative estimate of drug-likeness (QED) is 0.639. The zero-order valence-electron chi connectivity index (χ0n) is 9.92. The first-order valence-corrected chi connectivity index (χ1v) is 5.15. The second-order valence-electron chi connectivity index (χ2n) is 3.70. The largest absolute Gasteiger partial charge is 0.496 e. The average Bonchev–Trinajstić information content (AvgIpc) is 2.35. The van der Waals surface area contributed by atoms with Crippen molar-refractivity contribution in [3.63, 3.8) is 0 Å². The molecule has 1 rings (SSSR count). The molecule has 0 atom stereocenters. The van der Waals surface area contributed by atoms with E-state index in [1.807, 2.05) is 0 Å². The van der Waals surface area contributed by atoms with Crippen molar-refractivity contribution < 1.29 is 27.1 Å². The van der Waals surface area contributed by atoms with Crippen molar-refractivity contribution in [2.75, 3.05) is 19.4 Å². The topological polar surface area (TPSA) is 64.3 Å². The van der Waals surface area contributed by atoms with Gasteiger partial charge < -0.3 is 15.8 Å². The molecule has 8 heteroatoms. The van der Waals surface area contributed by atoms with E-state index in [4.69, 9.17) is 10.5 Å². The molecule has 0 heterocycles. The number of hydrogen-bond acceptors (Lipinski definition) is 3. The first-order chi connectivity index (χ1) is 8.77. The Balaban J connectivity index is 2.79. The SMILES string of the molecule is COc1cc(N)ccc1C(=O)NCC(F)(F)C(F)F. The highest BCUT2D eigenvalue weighted by Gasteiger charge is 2.40. The molecule has 3 N–H and O–H groups in total. The van der Waals surface area contributed by atoms with Crippen LogP contribution in [0.3, 0.4) is 0 Å². The molecule has 0 saturated carbocycles. The summed E-state index contributed by atoms with van der Waals surface area (Å²) >= 11 is 0. The van der Waals surface area contributed by atoms with E-state index >= 15 is 0 Å². The van der Waals surface area contributed by atoms with Gasteiger partial charge in [-0.05, 0) is 12.1 Å². The van der Waals surface area contributed by atoms with Gasteiger partial charge in [-0.1, -0.05) is 0 Å². The Kier molecular flexibility index (Phi) is 4.57. The van der Waals surface area contributed by atoms with Gasteiger partial charge >= 0.3 is 12.3 Å². The van der Waals surface area contributed by atoms with E-state index in [0.717, 1.165) is 0 Å². The second-order valence-corrected chi connectivity index (χ2v) is 3.70. The van der Waals surface area contributed by atoms with E-state index in [2.05, 4.69) is 0 Å². The van der Waals surface area contributed by atoms with Gasteiger partial charge in [0.15, 0.2) is 0 Å². The fourth-order valence-corrected chi connectivity index (χ4v) is 1.27. The number of hydrogen-bond donors (Lipinski definition) is 2. The number of nitrogen functional groups attached to an aromatic ring is 1. The van der Waals surface area contributed by atoms with Gasteiger partial charge in [-0.3, -0.25) is 4.79 Å². The molecular weight excluding hydrogens is 268 g/mol. The van der Waals surface area contributed by atoms with Gasteiger partial charge in [-0.2, -0.15) is 8.78 Å². The fraction of sp³-hybridized carbons (Fsp3) is 0.364. The van der Waals surface area contributed by atoms with Gasteiger partial charge in [0.2, 0.25) is 0 Å². The predicted octanol–water partition coefficient (Wildman–Crippen LogP) is 1.91. The number of nitrogens with one attached hydrogen (secondary N) is 1. The zero-order valence-corrected chi connectivity index (χ0v) is 9.92. The molecule has 0 fully saturated rings. The Morgan fingerprint density at radius 1 is 1.47 bits per heavy atom. The summed E-state index contributed by atoms with van der Waals surface area (Å²) in [7, 11) is 1.26. The van der Waals surface area contributed by atoms with Gasteiger partial charge in [-0.25, -0.2) is 8.78 Å². The van der Waals surface area contributed by atoms with E-state index in [0.29, 0.717) is 5.69 Å². The number of methoxy groups -OCH3 is 1. The van der Waals surface area contributed by atoms with Crippen LogP contribution in [0.25, 0.3) is 0 Å². The van der Waals surface area contributed by atoms with E-state index in [9.17, 15) is 22.4 Å². The van der Waals surface area contributed by atoms with Crippen LogP contribution in [0.5, 0.6) is 5.75 Å². The molecule has 0 spiro atoms. The molecule has 106 valence electrons. The maximum Gasteiger partial charge on any atom is 0.324 e. The maximum absolute atomic E-state index is 12.7. The number of halogens is 4. The molecule has 0 aliphatic heterocycles. The summed E-state index contributed by atoms with van der Waals surface area (Å²) in [4.78, 5) is 11.6. The van der Waals surface area contributed by atoms with Crippen LogP contribution in [0.2, 0.25) is 0 Å². The lowest BCUT2D eigenvalue weighted by Crippen LogP contribution is -2.41. The van der Waals surface area contributed by atoms with E-state index in [-0.39, 0.29) is 11.3 Å². The van der Waals surface area contributed by atoms with Crippen molar-refractivity contribution in [2.45, 2.75) is 12.3 Å². The van der Waals surface area contributed by atoms with Gasteiger partial charge in [0.25, 0.3) is 5.91 Å². The van der Waals surface area contributed by atoms with Crippen LogP contribution in [0.15, 0.2) is 18.2 Å². The summed E-state index contributed by atoms with van der Waals surface area (Å²) in [6.07, 6.45) is -3.85. The van der Waals surface area contributed by atoms with Crippen LogP contribution in [-0.2, 0) is 0 Å². The standard InChI is InChI=1S/C11H12F4N2O2/c1-19-8-4-6(16)2-3-7(8)9(18)17-5-11(14,15)10(12)13/h2-4,10H,5,16H2,1H3,(H,17,18). The highest BCUT2D eigenvalue weighted by Crippen LogP contribution is 2.23. The van der Waals surface area contributed by atoms with Crippen molar-refractivity contribution in [3.8, 4) is 5.75 Å². The third kappa shape index (κ3) is 3.73. The van der Waals surface area contributed by atoms with Crippen molar-refractivity contribution in [1.29, 1.82) is 0 Å². The molecule has 0 aromatic heterocycles. The number of alkyl halides is 4. The Morgan fingerprint density at radius 3 is 2.63 bits per heavy atom. The first kappa shape index (κ1) is 15.1. The number of anilines is 1. The third-order valence-electron chi connectivity index (χ3n) is 2.27. The van der Waals surface area contributed by atoms with Crippen LogP contribution < -0.4 is 15.8 Å². The molecule has 0 aliphatic carbocycles. The highest BCUT2D eigenvalue weighted by molar-refractivity contribution is 5.97. The summed E-state index contributed by atoms with van der Waals surface area (Å²) in [5, 5.41) is 1.72. The molecule has 0 bridgehead atoms. The highest BCUT2D eigenvalue weighted by atomic mass is 19.3. The molecule has 4 nitrogen and oxygen atoms in total. The summed E-state index contributed by atoms with van der Waals surface area (Å²) in [5.74, 6) is -5.16. The summed E-state index contributed by atoms with van der Waals surface area (Å²) in [6.45, 7) is -1.46. The Hall–Kier alpha value is -1.99. The maximum atomic E-state index is 12.7. The Bertz CT molecular complexity index is 466. The van der Waals surface area contributed by atoms with Gasteiger partial charge in [0.05, 0.1) is 19.2 Å². The van der Waals surface area contributed by atoms with E-state index in [1.54, 1.807) is 5.32 Å². The summed E-state index contributed by atoms with van der Waals surface area (Å²) < 4.78 is 54.0. The minimum absolute atomic E-state index is 0.0675. The number of nitrogens with two attached hydrogens (primary N) is 1. The van der Waals surface area contributed by atoms with Crippen LogP contribution in [0.4, 0.5) is 23.2 Å². The van der Waals surface area contributed by atoms with Crippen molar-refractivity contribution >= 4 is 11.6 Å². The summed E-state index contributed by atoms with van der Waals surface area (Å²) in [5.41, 5.74) is 5.70. The third-order valence-corrected chi connectivity index (χ3v) is 2.27. The van der Waals surface area contributed by atoms with Crippen molar-refractivity contribution in [2.24, 2.45) is 0 Å². The molecular formula is C11H12F4N2O2. The minimum atomic E-state index is -4.28.